The molecular weight excluding hydrogens is 192 g/mol. The number of ketones is 1. The number of hydrogen-bond acceptors (Lipinski definition) is 2. The van der Waals surface area contributed by atoms with Crippen LogP contribution in [0.5, 0.6) is 0 Å². The Bertz CT molecular complexity index is 388. The lowest BCUT2D eigenvalue weighted by molar-refractivity contribution is -0.131. The van der Waals surface area contributed by atoms with Crippen LogP contribution in [0, 0.1) is 0 Å². The molecule has 0 saturated carbocycles. The second-order valence-corrected chi connectivity index (χ2v) is 3.07. The highest BCUT2D eigenvalue weighted by Gasteiger charge is 2.01. The van der Waals surface area contributed by atoms with Crippen LogP contribution in [0.4, 0.5) is 0 Å². The molecule has 0 fully saturated rings. The van der Waals surface area contributed by atoms with Crippen molar-refractivity contribution in [2.75, 3.05) is 0 Å². The van der Waals surface area contributed by atoms with Crippen molar-refractivity contribution in [2.45, 2.75) is 13.3 Å². The molecule has 1 rings (SSSR count). The monoisotopic (exact) mass is 204 g/mol. The third-order valence-corrected chi connectivity index (χ3v) is 1.97. The first kappa shape index (κ1) is 11.2. The number of benzene rings is 1. The molecule has 0 amide bonds. The van der Waals surface area contributed by atoms with E-state index in [0.29, 0.717) is 12.0 Å². The number of hydrogen-bond donors (Lipinski definition) is 1. The Morgan fingerprint density at radius 1 is 1.27 bits per heavy atom. The van der Waals surface area contributed by atoms with Gasteiger partial charge in [-0.05, 0) is 11.6 Å². The minimum absolute atomic E-state index is 0.0868. The molecule has 0 aliphatic carbocycles. The molecule has 78 valence electrons. The molecule has 3 heteroatoms. The Balaban J connectivity index is 2.81. The van der Waals surface area contributed by atoms with Gasteiger partial charge in [-0.3, -0.25) is 4.79 Å². The fraction of sp³-hybridized carbons (Fsp3) is 0.167. The number of aliphatic carboxylic acids is 1. The maximum Gasteiger partial charge on any atom is 0.328 e. The number of carbonyl (C=O) groups excluding carboxylic acids is 1. The first-order chi connectivity index (χ1) is 7.13. The summed E-state index contributed by atoms with van der Waals surface area (Å²) >= 11 is 0. The smallest absolute Gasteiger partial charge is 0.328 e. The summed E-state index contributed by atoms with van der Waals surface area (Å²) in [6, 6.07) is 6.85. The van der Waals surface area contributed by atoms with Crippen LogP contribution >= 0.6 is 0 Å². The molecule has 0 aliphatic rings. The van der Waals surface area contributed by atoms with Crippen LogP contribution in [-0.2, 0) is 4.79 Å². The number of carbonyl (C=O) groups is 2. The number of Topliss-reactive ketones (excluding diaryl/α,β-unsaturated/α-hetero) is 1. The van der Waals surface area contributed by atoms with E-state index in [1.807, 2.05) is 0 Å². The van der Waals surface area contributed by atoms with Crippen molar-refractivity contribution in [2.24, 2.45) is 0 Å². The molecule has 1 N–H and O–H groups in total. The largest absolute Gasteiger partial charge is 0.478 e. The van der Waals surface area contributed by atoms with E-state index in [-0.39, 0.29) is 5.78 Å². The molecule has 0 radical (unpaired) electrons. The highest BCUT2D eigenvalue weighted by molar-refractivity contribution is 5.96. The fourth-order valence-electron chi connectivity index (χ4n) is 1.15. The van der Waals surface area contributed by atoms with E-state index in [0.717, 1.165) is 11.6 Å². The summed E-state index contributed by atoms with van der Waals surface area (Å²) < 4.78 is 0. The van der Waals surface area contributed by atoms with E-state index in [2.05, 4.69) is 0 Å². The zero-order valence-corrected chi connectivity index (χ0v) is 8.43. The average molecular weight is 204 g/mol. The first-order valence-electron chi connectivity index (χ1n) is 4.67. The summed E-state index contributed by atoms with van der Waals surface area (Å²) in [6.45, 7) is 1.81. The van der Waals surface area contributed by atoms with Crippen LogP contribution in [0.3, 0.4) is 0 Å². The van der Waals surface area contributed by atoms with Gasteiger partial charge < -0.3 is 5.11 Å². The predicted octanol–water partition coefficient (Wildman–Crippen LogP) is 2.38. The van der Waals surface area contributed by atoms with E-state index in [9.17, 15) is 9.59 Å². The van der Waals surface area contributed by atoms with E-state index in [1.165, 1.54) is 6.08 Å². The van der Waals surface area contributed by atoms with Crippen LogP contribution in [0.2, 0.25) is 0 Å². The summed E-state index contributed by atoms with van der Waals surface area (Å²) in [7, 11) is 0. The van der Waals surface area contributed by atoms with Gasteiger partial charge in [0, 0.05) is 18.1 Å². The van der Waals surface area contributed by atoms with Crippen LogP contribution in [0.25, 0.3) is 6.08 Å². The van der Waals surface area contributed by atoms with E-state index < -0.39 is 5.97 Å². The lowest BCUT2D eigenvalue weighted by atomic mass is 10.1. The number of carboxylic acids is 1. The summed E-state index contributed by atoms with van der Waals surface area (Å²) in [5.41, 5.74) is 1.43. The zero-order chi connectivity index (χ0) is 11.3. The molecule has 0 unspecified atom stereocenters. The van der Waals surface area contributed by atoms with Gasteiger partial charge >= 0.3 is 5.97 Å². The van der Waals surface area contributed by atoms with Crippen LogP contribution < -0.4 is 0 Å². The SMILES string of the molecule is CCC(=O)c1ccc(C=CC(=O)O)cc1. The van der Waals surface area contributed by atoms with Gasteiger partial charge in [-0.2, -0.15) is 0 Å². The lowest BCUT2D eigenvalue weighted by Gasteiger charge is -1.97. The summed E-state index contributed by atoms with van der Waals surface area (Å²) in [4.78, 5) is 21.5. The van der Waals surface area contributed by atoms with Gasteiger partial charge in [0.1, 0.15) is 0 Å². The molecule has 0 bridgehead atoms. The minimum atomic E-state index is -0.983. The Morgan fingerprint density at radius 3 is 2.33 bits per heavy atom. The average Bonchev–Trinajstić information content (AvgIpc) is 2.26. The van der Waals surface area contributed by atoms with Crippen molar-refractivity contribution in [3.05, 3.63) is 41.5 Å². The highest BCUT2D eigenvalue weighted by Crippen LogP contribution is 2.08. The number of carboxylic acid groups (broad SMARTS) is 1. The second kappa shape index (κ2) is 5.10. The Hall–Kier alpha value is -1.90. The maximum absolute atomic E-state index is 11.3. The van der Waals surface area contributed by atoms with Gasteiger partial charge in [-0.15, -0.1) is 0 Å². The van der Waals surface area contributed by atoms with Gasteiger partial charge in [0.05, 0.1) is 0 Å². The quantitative estimate of drug-likeness (QED) is 0.605. The van der Waals surface area contributed by atoms with E-state index in [1.54, 1.807) is 31.2 Å². The molecule has 1 aromatic carbocycles. The van der Waals surface area contributed by atoms with Crippen LogP contribution in [0.15, 0.2) is 30.3 Å². The topological polar surface area (TPSA) is 54.4 Å². The van der Waals surface area contributed by atoms with Crippen molar-refractivity contribution >= 4 is 17.8 Å². The molecule has 0 saturated heterocycles. The summed E-state index contributed by atoms with van der Waals surface area (Å²) in [6.07, 6.45) is 3.03. The van der Waals surface area contributed by atoms with Gasteiger partial charge in [0.15, 0.2) is 5.78 Å². The van der Waals surface area contributed by atoms with Crippen molar-refractivity contribution in [3.8, 4) is 0 Å². The molecule has 0 aromatic heterocycles. The maximum atomic E-state index is 11.3. The summed E-state index contributed by atoms with van der Waals surface area (Å²) in [5, 5.41) is 8.41. The second-order valence-electron chi connectivity index (χ2n) is 3.07. The van der Waals surface area contributed by atoms with Crippen LogP contribution in [-0.4, -0.2) is 16.9 Å². The Morgan fingerprint density at radius 2 is 1.87 bits per heavy atom. The Kier molecular flexibility index (Phi) is 3.80. The fourth-order valence-corrected chi connectivity index (χ4v) is 1.15. The first-order valence-corrected chi connectivity index (χ1v) is 4.67. The van der Waals surface area contributed by atoms with Crippen molar-refractivity contribution < 1.29 is 14.7 Å². The third kappa shape index (κ3) is 3.38. The lowest BCUT2D eigenvalue weighted by Crippen LogP contribution is -1.95. The molecule has 0 heterocycles. The molecule has 0 spiro atoms. The zero-order valence-electron chi connectivity index (χ0n) is 8.43. The van der Waals surface area contributed by atoms with Crippen molar-refractivity contribution in [1.29, 1.82) is 0 Å². The Labute approximate surface area is 88.0 Å². The minimum Gasteiger partial charge on any atom is -0.478 e. The van der Waals surface area contributed by atoms with Gasteiger partial charge in [0.25, 0.3) is 0 Å². The highest BCUT2D eigenvalue weighted by atomic mass is 16.4. The number of rotatable bonds is 4. The standard InChI is InChI=1S/C12H12O3/c1-2-11(13)10-6-3-9(4-7-10)5-8-12(14)15/h3-8H,2H2,1H3,(H,14,15). The summed E-state index contributed by atoms with van der Waals surface area (Å²) in [5.74, 6) is -0.896. The van der Waals surface area contributed by atoms with Crippen molar-refractivity contribution in [1.82, 2.24) is 0 Å². The molecule has 0 atom stereocenters. The third-order valence-electron chi connectivity index (χ3n) is 1.97. The van der Waals surface area contributed by atoms with E-state index >= 15 is 0 Å². The van der Waals surface area contributed by atoms with Crippen LogP contribution in [0.1, 0.15) is 29.3 Å². The molecule has 3 nitrogen and oxygen atoms in total. The van der Waals surface area contributed by atoms with Crippen molar-refractivity contribution in [3.63, 3.8) is 0 Å². The van der Waals surface area contributed by atoms with Gasteiger partial charge in [-0.25, -0.2) is 4.79 Å². The van der Waals surface area contributed by atoms with E-state index in [4.69, 9.17) is 5.11 Å². The van der Waals surface area contributed by atoms with Gasteiger partial charge in [-0.1, -0.05) is 31.2 Å². The molecule has 15 heavy (non-hydrogen) atoms. The van der Waals surface area contributed by atoms with Gasteiger partial charge in [0.2, 0.25) is 0 Å². The molecule has 0 aliphatic heterocycles. The molecular formula is C12H12O3. The molecule has 1 aromatic rings. The normalized spacial score (nSPS) is 10.5. The predicted molar refractivity (Wildman–Crippen MR) is 57.7 cm³/mol.